The van der Waals surface area contributed by atoms with E-state index >= 15 is 0 Å². The summed E-state index contributed by atoms with van der Waals surface area (Å²) >= 11 is 5.86. The van der Waals surface area contributed by atoms with E-state index in [0.29, 0.717) is 0 Å². The molecule has 4 heterocycles. The van der Waals surface area contributed by atoms with Crippen LogP contribution in [0, 0.1) is 13.8 Å². The molecule has 0 unspecified atom stereocenters. The van der Waals surface area contributed by atoms with E-state index in [1.807, 2.05) is 18.3 Å². The van der Waals surface area contributed by atoms with Gasteiger partial charge in [-0.15, -0.1) is 0 Å². The van der Waals surface area contributed by atoms with E-state index in [1.165, 1.54) is 28.2 Å². The van der Waals surface area contributed by atoms with Crippen LogP contribution in [0.3, 0.4) is 0 Å². The van der Waals surface area contributed by atoms with Gasteiger partial charge in [0.15, 0.2) is 5.11 Å². The molecular formula is C27H32N4OS. The van der Waals surface area contributed by atoms with Crippen molar-refractivity contribution in [3.05, 3.63) is 82.9 Å². The lowest BCUT2D eigenvalue weighted by Crippen LogP contribution is -2.36. The molecule has 5 nitrogen and oxygen atoms in total. The van der Waals surface area contributed by atoms with Crippen LogP contribution in [-0.2, 0) is 11.2 Å². The first-order valence-electron chi connectivity index (χ1n) is 11.9. The Morgan fingerprint density at radius 1 is 1.15 bits per heavy atom. The molecule has 2 aliphatic rings. The first-order chi connectivity index (χ1) is 16.1. The zero-order valence-electron chi connectivity index (χ0n) is 19.6. The molecule has 1 N–H and O–H groups in total. The van der Waals surface area contributed by atoms with Gasteiger partial charge < -0.3 is 19.5 Å². The smallest absolute Gasteiger partial charge is 0.170 e. The lowest BCUT2D eigenvalue weighted by Gasteiger charge is -2.30. The Balaban J connectivity index is 1.57. The van der Waals surface area contributed by atoms with Gasteiger partial charge in [-0.2, -0.15) is 0 Å². The minimum Gasteiger partial charge on any atom is -0.376 e. The molecule has 2 saturated heterocycles. The summed E-state index contributed by atoms with van der Waals surface area (Å²) in [5.74, 6) is 0. The van der Waals surface area contributed by atoms with Crippen LogP contribution in [0.2, 0.25) is 0 Å². The molecule has 0 spiro atoms. The van der Waals surface area contributed by atoms with Crippen LogP contribution in [0.4, 0.5) is 0 Å². The normalized spacial score (nSPS) is 22.7. The monoisotopic (exact) mass is 460 g/mol. The third-order valence-corrected chi connectivity index (χ3v) is 7.37. The summed E-state index contributed by atoms with van der Waals surface area (Å²) in [6.45, 7) is 8.24. The summed E-state index contributed by atoms with van der Waals surface area (Å²) < 4.78 is 8.35. The van der Waals surface area contributed by atoms with Crippen molar-refractivity contribution in [3.63, 3.8) is 0 Å². The summed E-state index contributed by atoms with van der Waals surface area (Å²) in [7, 11) is 0. The molecule has 2 aliphatic heterocycles. The molecule has 0 radical (unpaired) electrons. The van der Waals surface area contributed by atoms with E-state index in [9.17, 15) is 0 Å². The maximum absolute atomic E-state index is 5.99. The highest BCUT2D eigenvalue weighted by Crippen LogP contribution is 2.42. The summed E-state index contributed by atoms with van der Waals surface area (Å²) in [5, 5.41) is 4.36. The second-order valence-corrected chi connectivity index (χ2v) is 9.48. The van der Waals surface area contributed by atoms with E-state index < -0.39 is 0 Å². The largest absolute Gasteiger partial charge is 0.376 e. The lowest BCUT2D eigenvalue weighted by molar-refractivity contribution is 0.0842. The molecule has 2 aromatic heterocycles. The van der Waals surface area contributed by atoms with Crippen LogP contribution < -0.4 is 5.32 Å². The van der Waals surface area contributed by atoms with Crippen molar-refractivity contribution >= 4 is 17.3 Å². The van der Waals surface area contributed by atoms with Crippen molar-refractivity contribution in [1.82, 2.24) is 19.8 Å². The number of hydrogen-bond acceptors (Lipinski definition) is 3. The predicted molar refractivity (Wildman–Crippen MR) is 136 cm³/mol. The Morgan fingerprint density at radius 2 is 1.97 bits per heavy atom. The molecule has 0 aliphatic carbocycles. The van der Waals surface area contributed by atoms with E-state index in [4.69, 9.17) is 17.0 Å². The second-order valence-electron chi connectivity index (χ2n) is 9.10. The van der Waals surface area contributed by atoms with Gasteiger partial charge in [-0.05, 0) is 86.8 Å². The number of nitrogens with zero attached hydrogens (tertiary/aromatic N) is 3. The van der Waals surface area contributed by atoms with Gasteiger partial charge in [0.2, 0.25) is 0 Å². The topological polar surface area (TPSA) is 42.3 Å². The zero-order valence-corrected chi connectivity index (χ0v) is 20.4. The van der Waals surface area contributed by atoms with Crippen LogP contribution in [-0.4, -0.2) is 38.8 Å². The van der Waals surface area contributed by atoms with Crippen LogP contribution in [0.5, 0.6) is 0 Å². The number of ether oxygens (including phenoxy) is 1. The highest BCUT2D eigenvalue weighted by molar-refractivity contribution is 7.80. The summed E-state index contributed by atoms with van der Waals surface area (Å²) in [6, 6.07) is 17.4. The SMILES string of the molecule is CCc1ccc(-n2c(C)cc([C@@H]3[C@@H](c4ccccn4)NC(=S)N3C[C@@H]3CCCO3)c2C)cc1. The van der Waals surface area contributed by atoms with Crippen molar-refractivity contribution in [2.75, 3.05) is 13.2 Å². The molecule has 1 aromatic carbocycles. The van der Waals surface area contributed by atoms with Crippen molar-refractivity contribution in [1.29, 1.82) is 0 Å². The highest BCUT2D eigenvalue weighted by Gasteiger charge is 2.42. The van der Waals surface area contributed by atoms with Crippen LogP contribution in [0.15, 0.2) is 54.7 Å². The summed E-state index contributed by atoms with van der Waals surface area (Å²) in [4.78, 5) is 7.02. The lowest BCUT2D eigenvalue weighted by atomic mass is 9.96. The van der Waals surface area contributed by atoms with E-state index in [0.717, 1.165) is 43.2 Å². The van der Waals surface area contributed by atoms with Gasteiger partial charge in [-0.3, -0.25) is 4.98 Å². The minimum absolute atomic E-state index is 0.00322. The van der Waals surface area contributed by atoms with Crippen LogP contribution in [0.1, 0.15) is 60.1 Å². The number of aromatic nitrogens is 2. The number of thiocarbonyl (C=S) groups is 1. The van der Waals surface area contributed by atoms with Crippen LogP contribution in [0.25, 0.3) is 5.69 Å². The van der Waals surface area contributed by atoms with Crippen molar-refractivity contribution < 1.29 is 4.74 Å². The number of benzene rings is 1. The summed E-state index contributed by atoms with van der Waals surface area (Å²) in [5.41, 5.74) is 7.31. The Kier molecular flexibility index (Phi) is 6.21. The van der Waals surface area contributed by atoms with Gasteiger partial charge in [0, 0.05) is 36.4 Å². The molecule has 0 amide bonds. The Bertz CT molecular complexity index is 1120. The first kappa shape index (κ1) is 22.1. The maximum Gasteiger partial charge on any atom is 0.170 e. The van der Waals surface area contributed by atoms with Gasteiger partial charge in [-0.25, -0.2) is 0 Å². The number of hydrogen-bond donors (Lipinski definition) is 1. The standard InChI is InChI=1S/C27H32N4OS/c1-4-20-10-12-21(13-11-20)31-18(2)16-23(19(31)3)26-25(24-9-5-6-14-28-24)29-27(33)30(26)17-22-8-7-15-32-22/h5-6,9-14,16,22,25-26H,4,7-8,15,17H2,1-3H3,(H,29,33)/t22-,25+,26+/m0/s1. The third-order valence-electron chi connectivity index (χ3n) is 7.01. The molecule has 0 saturated carbocycles. The number of nitrogens with one attached hydrogen (secondary N) is 1. The third kappa shape index (κ3) is 4.18. The molecule has 2 fully saturated rings. The molecule has 3 aromatic rings. The molecule has 3 atom stereocenters. The van der Waals surface area contributed by atoms with Gasteiger partial charge in [0.1, 0.15) is 0 Å². The van der Waals surface area contributed by atoms with Gasteiger partial charge in [0.05, 0.1) is 23.9 Å². The Hall–Kier alpha value is -2.70. The fourth-order valence-corrected chi connectivity index (χ4v) is 5.63. The van der Waals surface area contributed by atoms with Gasteiger partial charge in [0.25, 0.3) is 0 Å². The zero-order chi connectivity index (χ0) is 22.9. The molecule has 0 bridgehead atoms. The number of aryl methyl sites for hydroxylation is 2. The van der Waals surface area contributed by atoms with Crippen LogP contribution >= 0.6 is 12.2 Å². The second kappa shape index (κ2) is 9.27. The average Bonchev–Trinajstić information content (AvgIpc) is 3.54. The Morgan fingerprint density at radius 3 is 2.64 bits per heavy atom. The van der Waals surface area contributed by atoms with E-state index in [-0.39, 0.29) is 18.2 Å². The number of pyridine rings is 1. The maximum atomic E-state index is 5.99. The van der Waals surface area contributed by atoms with Crippen molar-refractivity contribution in [2.45, 2.75) is 58.2 Å². The van der Waals surface area contributed by atoms with E-state index in [2.05, 4.69) is 76.9 Å². The van der Waals surface area contributed by atoms with Crippen molar-refractivity contribution in [2.24, 2.45) is 0 Å². The quantitative estimate of drug-likeness (QED) is 0.512. The number of rotatable bonds is 6. The van der Waals surface area contributed by atoms with Gasteiger partial charge >= 0.3 is 0 Å². The highest BCUT2D eigenvalue weighted by atomic mass is 32.1. The van der Waals surface area contributed by atoms with E-state index in [1.54, 1.807) is 0 Å². The molecule has 6 heteroatoms. The first-order valence-corrected chi connectivity index (χ1v) is 12.4. The average molecular weight is 461 g/mol. The molecule has 172 valence electrons. The van der Waals surface area contributed by atoms with Gasteiger partial charge in [-0.1, -0.05) is 25.1 Å². The predicted octanol–water partition coefficient (Wildman–Crippen LogP) is 5.20. The minimum atomic E-state index is -0.00322. The summed E-state index contributed by atoms with van der Waals surface area (Å²) in [6.07, 6.45) is 5.33. The fraction of sp³-hybridized carbons (Fsp3) is 0.407. The fourth-order valence-electron chi connectivity index (χ4n) is 5.31. The van der Waals surface area contributed by atoms with Crippen molar-refractivity contribution in [3.8, 4) is 5.69 Å². The molecular weight excluding hydrogens is 428 g/mol. The Labute approximate surface area is 201 Å². The molecule has 33 heavy (non-hydrogen) atoms. The molecule has 5 rings (SSSR count).